The molecule has 0 saturated carbocycles. The third kappa shape index (κ3) is 2.81. The molecular formula is C11H22N2O3S. The Balaban J connectivity index is 2.00. The second-order valence-electron chi connectivity index (χ2n) is 4.94. The van der Waals surface area contributed by atoms with E-state index in [-0.39, 0.29) is 17.5 Å². The van der Waals surface area contributed by atoms with E-state index in [1.54, 1.807) is 11.2 Å². The second kappa shape index (κ2) is 5.22. The lowest BCUT2D eigenvalue weighted by molar-refractivity contribution is -0.0116. The molecule has 1 N–H and O–H groups in total. The predicted molar refractivity (Wildman–Crippen MR) is 66.4 cm³/mol. The summed E-state index contributed by atoms with van der Waals surface area (Å²) in [6, 6.07) is 0. The van der Waals surface area contributed by atoms with Crippen molar-refractivity contribution in [2.24, 2.45) is 0 Å². The number of fused-ring (bicyclic) bond motifs is 2. The van der Waals surface area contributed by atoms with Crippen LogP contribution >= 0.6 is 0 Å². The number of hydrogen-bond donors (Lipinski definition) is 1. The first kappa shape index (κ1) is 13.3. The lowest BCUT2D eigenvalue weighted by Crippen LogP contribution is -2.50. The highest BCUT2D eigenvalue weighted by Crippen LogP contribution is 2.28. The molecular weight excluding hydrogens is 240 g/mol. The zero-order chi connectivity index (χ0) is 12.5. The van der Waals surface area contributed by atoms with Crippen molar-refractivity contribution in [1.29, 1.82) is 0 Å². The van der Waals surface area contributed by atoms with Crippen molar-refractivity contribution >= 4 is 10.0 Å². The van der Waals surface area contributed by atoms with Gasteiger partial charge in [0, 0.05) is 19.6 Å². The first-order valence-corrected chi connectivity index (χ1v) is 7.89. The molecule has 0 aromatic rings. The lowest BCUT2D eigenvalue weighted by atomic mass is 10.2. The van der Waals surface area contributed by atoms with Gasteiger partial charge < -0.3 is 10.1 Å². The Hall–Kier alpha value is -0.170. The zero-order valence-corrected chi connectivity index (χ0v) is 11.4. The van der Waals surface area contributed by atoms with E-state index in [1.807, 2.05) is 6.92 Å². The van der Waals surface area contributed by atoms with Crippen molar-refractivity contribution in [3.63, 3.8) is 0 Å². The van der Waals surface area contributed by atoms with Gasteiger partial charge in [-0.25, -0.2) is 8.42 Å². The van der Waals surface area contributed by atoms with Gasteiger partial charge in [-0.2, -0.15) is 4.31 Å². The smallest absolute Gasteiger partial charge is 0.218 e. The van der Waals surface area contributed by atoms with Crippen LogP contribution in [-0.2, 0) is 14.8 Å². The average Bonchev–Trinajstić information content (AvgIpc) is 2.64. The summed E-state index contributed by atoms with van der Waals surface area (Å²) >= 11 is 0. The summed E-state index contributed by atoms with van der Waals surface area (Å²) in [6.45, 7) is 6.15. The minimum Gasteiger partial charge on any atom is -0.372 e. The Morgan fingerprint density at radius 3 is 2.47 bits per heavy atom. The minimum atomic E-state index is -3.17. The van der Waals surface area contributed by atoms with Crippen LogP contribution in [0.25, 0.3) is 0 Å². The predicted octanol–water partition coefficient (Wildman–Crippen LogP) is 0.177. The number of nitrogens with zero attached hydrogens (tertiary/aromatic N) is 1. The van der Waals surface area contributed by atoms with E-state index in [4.69, 9.17) is 4.74 Å². The third-order valence-corrected chi connectivity index (χ3v) is 5.76. The molecule has 0 aromatic carbocycles. The van der Waals surface area contributed by atoms with Crippen LogP contribution in [0.2, 0.25) is 0 Å². The van der Waals surface area contributed by atoms with Crippen molar-refractivity contribution in [1.82, 2.24) is 9.62 Å². The van der Waals surface area contributed by atoms with Crippen molar-refractivity contribution in [2.75, 3.05) is 26.2 Å². The van der Waals surface area contributed by atoms with Crippen LogP contribution in [0.5, 0.6) is 0 Å². The minimum absolute atomic E-state index is 0.120. The second-order valence-corrected chi connectivity index (χ2v) is 7.29. The number of nitrogens with one attached hydrogen (secondary N) is 1. The quantitative estimate of drug-likeness (QED) is 0.768. The molecule has 2 rings (SSSR count). The van der Waals surface area contributed by atoms with Gasteiger partial charge in [0.1, 0.15) is 0 Å². The number of rotatable bonds is 5. The summed E-state index contributed by atoms with van der Waals surface area (Å²) in [4.78, 5) is 0. The maximum absolute atomic E-state index is 12.3. The molecule has 17 heavy (non-hydrogen) atoms. The molecule has 2 fully saturated rings. The van der Waals surface area contributed by atoms with Crippen molar-refractivity contribution in [3.05, 3.63) is 0 Å². The van der Waals surface area contributed by atoms with Crippen molar-refractivity contribution in [3.8, 4) is 0 Å². The van der Waals surface area contributed by atoms with Gasteiger partial charge in [-0.3, -0.25) is 0 Å². The molecule has 2 aliphatic rings. The number of ether oxygens (including phenoxy) is 1. The van der Waals surface area contributed by atoms with Gasteiger partial charge >= 0.3 is 0 Å². The van der Waals surface area contributed by atoms with E-state index in [2.05, 4.69) is 5.32 Å². The maximum atomic E-state index is 12.3. The third-order valence-electron chi connectivity index (χ3n) is 3.56. The summed E-state index contributed by atoms with van der Waals surface area (Å²) in [5.41, 5.74) is 0. The van der Waals surface area contributed by atoms with Crippen molar-refractivity contribution in [2.45, 2.75) is 44.1 Å². The molecule has 2 saturated heterocycles. The van der Waals surface area contributed by atoms with E-state index in [0.29, 0.717) is 19.6 Å². The SMILES string of the molecule is CCNCC(C)S(=O)(=O)N1CC2CCC(C1)O2. The summed E-state index contributed by atoms with van der Waals surface area (Å²) < 4.78 is 32.0. The molecule has 3 atom stereocenters. The van der Waals surface area contributed by atoms with Crippen LogP contribution < -0.4 is 5.32 Å². The fourth-order valence-corrected chi connectivity index (χ4v) is 4.08. The van der Waals surface area contributed by atoms with E-state index in [0.717, 1.165) is 19.4 Å². The summed E-state index contributed by atoms with van der Waals surface area (Å²) in [6.07, 6.45) is 2.24. The van der Waals surface area contributed by atoms with Gasteiger partial charge in [-0.05, 0) is 26.3 Å². The van der Waals surface area contributed by atoms with Gasteiger partial charge in [-0.15, -0.1) is 0 Å². The van der Waals surface area contributed by atoms with Crippen LogP contribution in [0.15, 0.2) is 0 Å². The van der Waals surface area contributed by atoms with E-state index in [9.17, 15) is 8.42 Å². The largest absolute Gasteiger partial charge is 0.372 e. The fourth-order valence-electron chi connectivity index (χ4n) is 2.49. The highest BCUT2D eigenvalue weighted by atomic mass is 32.2. The molecule has 5 nitrogen and oxygen atoms in total. The molecule has 0 amide bonds. The van der Waals surface area contributed by atoms with Crippen LogP contribution in [0.4, 0.5) is 0 Å². The van der Waals surface area contributed by atoms with Crippen LogP contribution in [0, 0.1) is 0 Å². The Labute approximate surface area is 104 Å². The number of morpholine rings is 1. The highest BCUT2D eigenvalue weighted by Gasteiger charge is 2.40. The standard InChI is InChI=1S/C11H22N2O3S/c1-3-12-6-9(2)17(14,15)13-7-10-4-5-11(8-13)16-10/h9-12H,3-8H2,1-2H3. The van der Waals surface area contributed by atoms with Crippen LogP contribution in [0.1, 0.15) is 26.7 Å². The number of sulfonamides is 1. The lowest BCUT2D eigenvalue weighted by Gasteiger charge is -2.33. The van der Waals surface area contributed by atoms with E-state index < -0.39 is 10.0 Å². The molecule has 2 heterocycles. The van der Waals surface area contributed by atoms with Gasteiger partial charge in [-0.1, -0.05) is 6.92 Å². The highest BCUT2D eigenvalue weighted by molar-refractivity contribution is 7.89. The molecule has 0 radical (unpaired) electrons. The van der Waals surface area contributed by atoms with Crippen LogP contribution in [0.3, 0.4) is 0 Å². The molecule has 2 aliphatic heterocycles. The average molecular weight is 262 g/mol. The van der Waals surface area contributed by atoms with Gasteiger partial charge in [0.15, 0.2) is 0 Å². The summed E-state index contributed by atoms with van der Waals surface area (Å²) in [7, 11) is -3.17. The fraction of sp³-hybridized carbons (Fsp3) is 1.00. The Kier molecular flexibility index (Phi) is 4.07. The van der Waals surface area contributed by atoms with Crippen molar-refractivity contribution < 1.29 is 13.2 Å². The molecule has 100 valence electrons. The molecule has 2 bridgehead atoms. The molecule has 3 unspecified atom stereocenters. The Bertz CT molecular complexity index is 346. The van der Waals surface area contributed by atoms with Gasteiger partial charge in [0.05, 0.1) is 17.5 Å². The monoisotopic (exact) mass is 262 g/mol. The summed E-state index contributed by atoms with van der Waals surface area (Å²) in [5.74, 6) is 0. The Morgan fingerprint density at radius 2 is 1.94 bits per heavy atom. The maximum Gasteiger partial charge on any atom is 0.218 e. The summed E-state index contributed by atoms with van der Waals surface area (Å²) in [5, 5.41) is 2.73. The van der Waals surface area contributed by atoms with Gasteiger partial charge in [0.25, 0.3) is 0 Å². The zero-order valence-electron chi connectivity index (χ0n) is 10.6. The Morgan fingerprint density at radius 1 is 1.35 bits per heavy atom. The van der Waals surface area contributed by atoms with E-state index in [1.165, 1.54) is 0 Å². The van der Waals surface area contributed by atoms with Gasteiger partial charge in [0.2, 0.25) is 10.0 Å². The molecule has 0 aliphatic carbocycles. The van der Waals surface area contributed by atoms with Crippen LogP contribution in [-0.4, -0.2) is 56.4 Å². The molecule has 0 spiro atoms. The first-order valence-electron chi connectivity index (χ1n) is 6.39. The van der Waals surface area contributed by atoms with E-state index >= 15 is 0 Å². The molecule has 0 aromatic heterocycles. The topological polar surface area (TPSA) is 58.6 Å². The number of hydrogen-bond acceptors (Lipinski definition) is 4. The molecule has 6 heteroatoms. The first-order chi connectivity index (χ1) is 8.04. The normalized spacial score (nSPS) is 31.6.